The number of nitrogens with zero attached hydrogens (tertiary/aromatic N) is 3. The van der Waals surface area contributed by atoms with E-state index in [1.807, 2.05) is 24.3 Å². The topological polar surface area (TPSA) is 30.7 Å². The Hall–Kier alpha value is -1.10. The second-order valence-electron chi connectivity index (χ2n) is 5.32. The summed E-state index contributed by atoms with van der Waals surface area (Å²) in [6.07, 6.45) is 0.861. The highest BCUT2D eigenvalue weighted by atomic mass is 35.5. The van der Waals surface area contributed by atoms with Crippen LogP contribution in [0.4, 0.5) is 0 Å². The van der Waals surface area contributed by atoms with E-state index in [4.69, 9.17) is 23.2 Å². The van der Waals surface area contributed by atoms with Crippen molar-refractivity contribution in [2.24, 2.45) is 5.92 Å². The summed E-state index contributed by atoms with van der Waals surface area (Å²) in [7, 11) is 0. The Morgan fingerprint density at radius 3 is 2.71 bits per heavy atom. The molecule has 0 unspecified atom stereocenters. The number of alkyl halides is 1. The van der Waals surface area contributed by atoms with Crippen LogP contribution < -0.4 is 0 Å². The van der Waals surface area contributed by atoms with Crippen LogP contribution in [-0.4, -0.2) is 14.8 Å². The van der Waals surface area contributed by atoms with E-state index >= 15 is 0 Å². The average Bonchev–Trinajstić information content (AvgIpc) is 2.99. The minimum absolute atomic E-state index is 0.367. The predicted molar refractivity (Wildman–Crippen MR) is 89.9 cm³/mol. The number of para-hydroxylation sites is 1. The zero-order chi connectivity index (χ0) is 15.0. The molecule has 0 spiro atoms. The number of thiazole rings is 1. The fourth-order valence-corrected chi connectivity index (χ4v) is 3.85. The van der Waals surface area contributed by atoms with Gasteiger partial charge in [-0.3, -0.25) is 0 Å². The molecular formula is C15H15Cl2N3S. The smallest absolute Gasteiger partial charge is 0.212 e. The van der Waals surface area contributed by atoms with Crippen LogP contribution in [0.25, 0.3) is 15.3 Å². The first-order valence-corrected chi connectivity index (χ1v) is 8.51. The molecule has 0 radical (unpaired) electrons. The fourth-order valence-electron chi connectivity index (χ4n) is 2.23. The van der Waals surface area contributed by atoms with E-state index in [0.29, 0.717) is 17.0 Å². The molecule has 0 fully saturated rings. The van der Waals surface area contributed by atoms with Gasteiger partial charge >= 0.3 is 0 Å². The molecule has 3 rings (SSSR count). The van der Waals surface area contributed by atoms with E-state index in [2.05, 4.69) is 23.9 Å². The van der Waals surface area contributed by atoms with Gasteiger partial charge in [0.15, 0.2) is 0 Å². The third kappa shape index (κ3) is 2.80. The van der Waals surface area contributed by atoms with E-state index in [1.54, 1.807) is 16.0 Å². The van der Waals surface area contributed by atoms with Gasteiger partial charge in [0, 0.05) is 5.56 Å². The SMILES string of the molecule is CC(C)Cc1nn(-c2nc3ccccc3s2)c(Cl)c1CCl. The van der Waals surface area contributed by atoms with Crippen molar-refractivity contribution < 1.29 is 0 Å². The maximum atomic E-state index is 6.46. The Morgan fingerprint density at radius 1 is 1.29 bits per heavy atom. The van der Waals surface area contributed by atoms with Crippen molar-refractivity contribution >= 4 is 44.8 Å². The molecule has 0 bridgehead atoms. The number of benzene rings is 1. The summed E-state index contributed by atoms with van der Waals surface area (Å²) in [6.45, 7) is 4.31. The molecule has 1 aromatic carbocycles. The minimum Gasteiger partial charge on any atom is -0.218 e. The van der Waals surface area contributed by atoms with Gasteiger partial charge in [-0.15, -0.1) is 11.6 Å². The normalized spacial score (nSPS) is 11.7. The quantitative estimate of drug-likeness (QED) is 0.621. The van der Waals surface area contributed by atoms with Crippen LogP contribution in [0.5, 0.6) is 0 Å². The lowest BCUT2D eigenvalue weighted by molar-refractivity contribution is 0.626. The Bertz CT molecular complexity index is 743. The molecule has 0 saturated heterocycles. The van der Waals surface area contributed by atoms with E-state index in [9.17, 15) is 0 Å². The molecule has 21 heavy (non-hydrogen) atoms. The van der Waals surface area contributed by atoms with Crippen LogP contribution in [-0.2, 0) is 12.3 Å². The zero-order valence-electron chi connectivity index (χ0n) is 11.8. The highest BCUT2D eigenvalue weighted by Crippen LogP contribution is 2.30. The van der Waals surface area contributed by atoms with Gasteiger partial charge in [0.05, 0.1) is 21.8 Å². The van der Waals surface area contributed by atoms with E-state index in [-0.39, 0.29) is 0 Å². The van der Waals surface area contributed by atoms with Crippen molar-refractivity contribution in [2.75, 3.05) is 0 Å². The predicted octanol–water partition coefficient (Wildman–Crippen LogP) is 5.07. The molecule has 0 N–H and O–H groups in total. The molecule has 0 atom stereocenters. The van der Waals surface area contributed by atoms with Crippen molar-refractivity contribution in [3.05, 3.63) is 40.7 Å². The van der Waals surface area contributed by atoms with Crippen molar-refractivity contribution in [2.45, 2.75) is 26.1 Å². The maximum absolute atomic E-state index is 6.46. The number of aromatic nitrogens is 3. The summed E-state index contributed by atoms with van der Waals surface area (Å²) in [6, 6.07) is 8.02. The molecule has 2 heterocycles. The summed E-state index contributed by atoms with van der Waals surface area (Å²) in [5, 5.41) is 5.98. The fraction of sp³-hybridized carbons (Fsp3) is 0.333. The minimum atomic E-state index is 0.367. The van der Waals surface area contributed by atoms with Crippen molar-refractivity contribution in [1.29, 1.82) is 0 Å². The van der Waals surface area contributed by atoms with Crippen LogP contribution in [0.2, 0.25) is 5.15 Å². The Labute approximate surface area is 137 Å². The van der Waals surface area contributed by atoms with E-state index in [1.165, 1.54) is 0 Å². The molecule has 3 aromatic rings. The largest absolute Gasteiger partial charge is 0.218 e. The summed E-state index contributed by atoms with van der Waals surface area (Å²) >= 11 is 14.1. The summed E-state index contributed by atoms with van der Waals surface area (Å²) < 4.78 is 2.83. The highest BCUT2D eigenvalue weighted by Gasteiger charge is 2.19. The Balaban J connectivity index is 2.11. The molecule has 110 valence electrons. The van der Waals surface area contributed by atoms with Crippen LogP contribution >= 0.6 is 34.5 Å². The van der Waals surface area contributed by atoms with Crippen molar-refractivity contribution in [1.82, 2.24) is 14.8 Å². The van der Waals surface area contributed by atoms with Gasteiger partial charge in [0.25, 0.3) is 0 Å². The second kappa shape index (κ2) is 5.95. The molecule has 0 aliphatic heterocycles. The van der Waals surface area contributed by atoms with Gasteiger partial charge in [-0.2, -0.15) is 9.78 Å². The molecule has 3 nitrogen and oxygen atoms in total. The molecule has 2 aromatic heterocycles. The first-order chi connectivity index (χ1) is 10.1. The Kier molecular flexibility index (Phi) is 4.20. The average molecular weight is 340 g/mol. The monoisotopic (exact) mass is 339 g/mol. The number of halogens is 2. The Morgan fingerprint density at radius 2 is 2.05 bits per heavy atom. The molecule has 0 aliphatic rings. The van der Waals surface area contributed by atoms with Crippen LogP contribution in [0.3, 0.4) is 0 Å². The highest BCUT2D eigenvalue weighted by molar-refractivity contribution is 7.20. The lowest BCUT2D eigenvalue weighted by Gasteiger charge is -2.01. The second-order valence-corrected chi connectivity index (χ2v) is 6.96. The molecular weight excluding hydrogens is 325 g/mol. The number of hydrogen-bond donors (Lipinski definition) is 0. The van der Waals surface area contributed by atoms with Gasteiger partial charge in [-0.1, -0.05) is 48.9 Å². The molecule has 6 heteroatoms. The molecule has 0 aliphatic carbocycles. The first-order valence-electron chi connectivity index (χ1n) is 6.78. The van der Waals surface area contributed by atoms with Gasteiger partial charge in [0.1, 0.15) is 5.15 Å². The van der Waals surface area contributed by atoms with Crippen LogP contribution in [0.1, 0.15) is 25.1 Å². The van der Waals surface area contributed by atoms with Gasteiger partial charge in [0.2, 0.25) is 5.13 Å². The summed E-state index contributed by atoms with van der Waals surface area (Å²) in [5.74, 6) is 0.868. The van der Waals surface area contributed by atoms with Crippen LogP contribution in [0.15, 0.2) is 24.3 Å². The maximum Gasteiger partial charge on any atom is 0.212 e. The van der Waals surface area contributed by atoms with E-state index < -0.39 is 0 Å². The summed E-state index contributed by atoms with van der Waals surface area (Å²) in [5.41, 5.74) is 2.83. The van der Waals surface area contributed by atoms with Crippen molar-refractivity contribution in [3.63, 3.8) is 0 Å². The standard InChI is InChI=1S/C15H15Cl2N3S/c1-9(2)7-12-10(8-16)14(17)20(19-12)15-18-11-5-3-4-6-13(11)21-15/h3-6,9H,7-8H2,1-2H3. The van der Waals surface area contributed by atoms with Gasteiger partial charge in [-0.05, 0) is 24.5 Å². The van der Waals surface area contributed by atoms with Crippen LogP contribution in [0, 0.1) is 5.92 Å². The zero-order valence-corrected chi connectivity index (χ0v) is 14.1. The lowest BCUT2D eigenvalue weighted by Crippen LogP contribution is -1.99. The summed E-state index contributed by atoms with van der Waals surface area (Å²) in [4.78, 5) is 4.60. The lowest BCUT2D eigenvalue weighted by atomic mass is 10.1. The molecule has 0 saturated carbocycles. The molecule has 0 amide bonds. The van der Waals surface area contributed by atoms with E-state index in [0.717, 1.165) is 33.0 Å². The van der Waals surface area contributed by atoms with Gasteiger partial charge in [-0.25, -0.2) is 4.98 Å². The number of rotatable bonds is 4. The first kappa shape index (κ1) is 14.8. The third-order valence-corrected chi connectivity index (χ3v) is 4.87. The number of fused-ring (bicyclic) bond motifs is 1. The van der Waals surface area contributed by atoms with Gasteiger partial charge < -0.3 is 0 Å². The van der Waals surface area contributed by atoms with Crippen molar-refractivity contribution in [3.8, 4) is 5.13 Å². The third-order valence-electron chi connectivity index (χ3n) is 3.20. The number of hydrogen-bond acceptors (Lipinski definition) is 3.